The van der Waals surface area contributed by atoms with E-state index in [2.05, 4.69) is 10.2 Å². The molecular formula is C10H20N2O2. The highest BCUT2D eigenvalue weighted by Gasteiger charge is 2.12. The van der Waals surface area contributed by atoms with Crippen LogP contribution in [0.2, 0.25) is 0 Å². The number of piperazine rings is 1. The molecule has 14 heavy (non-hydrogen) atoms. The molecule has 0 aromatic rings. The van der Waals surface area contributed by atoms with Gasteiger partial charge >= 0.3 is 0 Å². The third-order valence-corrected chi connectivity index (χ3v) is 2.22. The number of nitrogens with zero attached hydrogens (tertiary/aromatic N) is 1. The van der Waals surface area contributed by atoms with Gasteiger partial charge in [-0.25, -0.2) is 0 Å². The van der Waals surface area contributed by atoms with Gasteiger partial charge in [-0.1, -0.05) is 6.92 Å². The van der Waals surface area contributed by atoms with Crippen molar-refractivity contribution in [3.63, 3.8) is 0 Å². The molecule has 0 saturated carbocycles. The fourth-order valence-electron chi connectivity index (χ4n) is 1.49. The van der Waals surface area contributed by atoms with Crippen LogP contribution in [0.3, 0.4) is 0 Å². The molecule has 82 valence electrons. The highest BCUT2D eigenvalue weighted by Crippen LogP contribution is 1.92. The number of Topliss-reactive ketones (excluding diaryl/α,β-unsaturated/α-hetero) is 1. The summed E-state index contributed by atoms with van der Waals surface area (Å²) >= 11 is 0. The summed E-state index contributed by atoms with van der Waals surface area (Å²) in [5, 5.41) is 3.26. The van der Waals surface area contributed by atoms with Gasteiger partial charge in [-0.2, -0.15) is 0 Å². The molecule has 0 spiro atoms. The van der Waals surface area contributed by atoms with Gasteiger partial charge in [0.15, 0.2) is 5.78 Å². The molecule has 0 amide bonds. The predicted octanol–water partition coefficient (Wildman–Crippen LogP) is -0.113. The van der Waals surface area contributed by atoms with Gasteiger partial charge in [0.25, 0.3) is 0 Å². The molecule has 1 heterocycles. The van der Waals surface area contributed by atoms with Crippen molar-refractivity contribution in [1.29, 1.82) is 0 Å². The largest absolute Gasteiger partial charge is 0.374 e. The van der Waals surface area contributed by atoms with Crippen LogP contribution < -0.4 is 5.32 Å². The van der Waals surface area contributed by atoms with E-state index in [1.807, 2.05) is 6.92 Å². The molecule has 0 atom stereocenters. The summed E-state index contributed by atoms with van der Waals surface area (Å²) in [5.74, 6) is 0.195. The Morgan fingerprint density at radius 2 is 2.14 bits per heavy atom. The molecule has 0 aromatic carbocycles. The lowest BCUT2D eigenvalue weighted by atomic mass is 10.3. The second-order valence-corrected chi connectivity index (χ2v) is 3.62. The van der Waals surface area contributed by atoms with Crippen LogP contribution in [0.1, 0.15) is 13.3 Å². The predicted molar refractivity (Wildman–Crippen MR) is 55.4 cm³/mol. The first kappa shape index (κ1) is 11.6. The second kappa shape index (κ2) is 6.92. The molecule has 0 aromatic heterocycles. The van der Waals surface area contributed by atoms with Crippen LogP contribution in [0.4, 0.5) is 0 Å². The van der Waals surface area contributed by atoms with Gasteiger partial charge in [0.2, 0.25) is 0 Å². The molecule has 1 aliphatic rings. The molecule has 1 rings (SSSR count). The minimum Gasteiger partial charge on any atom is -0.374 e. The third kappa shape index (κ3) is 4.69. The molecule has 0 radical (unpaired) electrons. The molecular weight excluding hydrogens is 180 g/mol. The average Bonchev–Trinajstić information content (AvgIpc) is 2.20. The number of hydrogen-bond acceptors (Lipinski definition) is 4. The number of nitrogens with one attached hydrogen (secondary N) is 1. The Bertz CT molecular complexity index is 168. The molecule has 4 heteroatoms. The first-order chi connectivity index (χ1) is 6.83. The number of rotatable bonds is 6. The zero-order valence-corrected chi connectivity index (χ0v) is 8.92. The molecule has 1 fully saturated rings. The Morgan fingerprint density at radius 1 is 1.43 bits per heavy atom. The van der Waals surface area contributed by atoms with Crippen LogP contribution >= 0.6 is 0 Å². The van der Waals surface area contributed by atoms with E-state index in [0.29, 0.717) is 13.2 Å². The van der Waals surface area contributed by atoms with Gasteiger partial charge in [0, 0.05) is 32.8 Å². The van der Waals surface area contributed by atoms with Crippen molar-refractivity contribution in [1.82, 2.24) is 10.2 Å². The van der Waals surface area contributed by atoms with Crippen molar-refractivity contribution in [2.24, 2.45) is 0 Å². The summed E-state index contributed by atoms with van der Waals surface area (Å²) in [5.41, 5.74) is 0. The minimum absolute atomic E-state index is 0.195. The SMILES string of the molecule is CCCOCC(=O)CN1CCNCC1. The lowest BCUT2D eigenvalue weighted by Gasteiger charge is -2.26. The zero-order chi connectivity index (χ0) is 10.2. The summed E-state index contributed by atoms with van der Waals surface area (Å²) in [7, 11) is 0. The van der Waals surface area contributed by atoms with Crippen LogP contribution in [-0.4, -0.2) is 56.6 Å². The Balaban J connectivity index is 2.06. The van der Waals surface area contributed by atoms with E-state index < -0.39 is 0 Å². The Hall–Kier alpha value is -0.450. The fraction of sp³-hybridized carbons (Fsp3) is 0.900. The van der Waals surface area contributed by atoms with E-state index in [0.717, 1.165) is 32.6 Å². The van der Waals surface area contributed by atoms with Crippen LogP contribution in [0.5, 0.6) is 0 Å². The normalized spacial score (nSPS) is 18.4. The van der Waals surface area contributed by atoms with E-state index in [9.17, 15) is 4.79 Å². The van der Waals surface area contributed by atoms with E-state index in [-0.39, 0.29) is 12.4 Å². The molecule has 1 N–H and O–H groups in total. The molecule has 1 saturated heterocycles. The smallest absolute Gasteiger partial charge is 0.172 e. The fourth-order valence-corrected chi connectivity index (χ4v) is 1.49. The first-order valence-electron chi connectivity index (χ1n) is 5.35. The van der Waals surface area contributed by atoms with Gasteiger partial charge in [0.05, 0.1) is 6.54 Å². The maximum atomic E-state index is 11.4. The lowest BCUT2D eigenvalue weighted by Crippen LogP contribution is -2.45. The topological polar surface area (TPSA) is 41.6 Å². The van der Waals surface area contributed by atoms with Crippen molar-refractivity contribution in [2.75, 3.05) is 45.9 Å². The Morgan fingerprint density at radius 3 is 2.79 bits per heavy atom. The van der Waals surface area contributed by atoms with Crippen molar-refractivity contribution < 1.29 is 9.53 Å². The third-order valence-electron chi connectivity index (χ3n) is 2.22. The number of hydrogen-bond donors (Lipinski definition) is 1. The molecule has 0 aliphatic carbocycles. The Labute approximate surface area is 85.6 Å². The molecule has 1 aliphatic heterocycles. The van der Waals surface area contributed by atoms with E-state index in [1.54, 1.807) is 0 Å². The van der Waals surface area contributed by atoms with E-state index in [1.165, 1.54) is 0 Å². The monoisotopic (exact) mass is 200 g/mol. The maximum Gasteiger partial charge on any atom is 0.172 e. The van der Waals surface area contributed by atoms with E-state index >= 15 is 0 Å². The van der Waals surface area contributed by atoms with Crippen LogP contribution in [0.15, 0.2) is 0 Å². The van der Waals surface area contributed by atoms with Crippen LogP contribution in [-0.2, 0) is 9.53 Å². The quantitative estimate of drug-likeness (QED) is 0.607. The van der Waals surface area contributed by atoms with Gasteiger partial charge in [-0.05, 0) is 6.42 Å². The van der Waals surface area contributed by atoms with Crippen molar-refractivity contribution in [3.8, 4) is 0 Å². The van der Waals surface area contributed by atoms with Gasteiger partial charge in [0.1, 0.15) is 6.61 Å². The summed E-state index contributed by atoms with van der Waals surface area (Å²) in [6.07, 6.45) is 0.973. The highest BCUT2D eigenvalue weighted by atomic mass is 16.5. The summed E-state index contributed by atoms with van der Waals surface area (Å²) in [6.45, 7) is 7.47. The second-order valence-electron chi connectivity index (χ2n) is 3.62. The van der Waals surface area contributed by atoms with E-state index in [4.69, 9.17) is 4.74 Å². The van der Waals surface area contributed by atoms with Crippen molar-refractivity contribution >= 4 is 5.78 Å². The van der Waals surface area contributed by atoms with Gasteiger partial charge < -0.3 is 10.1 Å². The number of carbonyl (C=O) groups is 1. The summed E-state index contributed by atoms with van der Waals surface area (Å²) in [6, 6.07) is 0. The number of carbonyl (C=O) groups excluding carboxylic acids is 1. The molecule has 0 unspecified atom stereocenters. The van der Waals surface area contributed by atoms with Crippen molar-refractivity contribution in [2.45, 2.75) is 13.3 Å². The average molecular weight is 200 g/mol. The minimum atomic E-state index is 0.195. The molecule has 4 nitrogen and oxygen atoms in total. The summed E-state index contributed by atoms with van der Waals surface area (Å²) in [4.78, 5) is 13.6. The van der Waals surface area contributed by atoms with Gasteiger partial charge in [-0.15, -0.1) is 0 Å². The highest BCUT2D eigenvalue weighted by molar-refractivity contribution is 5.81. The molecule has 0 bridgehead atoms. The number of ether oxygens (including phenoxy) is 1. The number of ketones is 1. The van der Waals surface area contributed by atoms with Crippen molar-refractivity contribution in [3.05, 3.63) is 0 Å². The van der Waals surface area contributed by atoms with Crippen LogP contribution in [0.25, 0.3) is 0 Å². The first-order valence-corrected chi connectivity index (χ1v) is 5.35. The zero-order valence-electron chi connectivity index (χ0n) is 8.92. The maximum absolute atomic E-state index is 11.4. The van der Waals surface area contributed by atoms with Gasteiger partial charge in [-0.3, -0.25) is 9.69 Å². The Kier molecular flexibility index (Phi) is 5.75. The van der Waals surface area contributed by atoms with Crippen LogP contribution in [0, 0.1) is 0 Å². The summed E-state index contributed by atoms with van der Waals surface area (Å²) < 4.78 is 5.19. The lowest BCUT2D eigenvalue weighted by molar-refractivity contribution is -0.124. The standard InChI is InChI=1S/C10H20N2O2/c1-2-7-14-9-10(13)8-12-5-3-11-4-6-12/h11H,2-9H2,1H3.